The average Bonchev–Trinajstić information content (AvgIpc) is 2.42. The highest BCUT2D eigenvalue weighted by atomic mass is 32.2. The average molecular weight is 214 g/mol. The minimum Gasteiger partial charge on any atom is -0.368 e. The fourth-order valence-corrected chi connectivity index (χ4v) is 2.05. The number of benzene rings is 1. The normalized spacial score (nSPS) is 20.2. The second kappa shape index (κ2) is 3.23. The van der Waals surface area contributed by atoms with Gasteiger partial charge in [0.05, 0.1) is 6.17 Å². The smallest absolute Gasteiger partial charge is 0.335 e. The highest BCUT2D eigenvalue weighted by Crippen LogP contribution is 2.23. The van der Waals surface area contributed by atoms with Gasteiger partial charge >= 0.3 is 10.3 Å². The third-order valence-corrected chi connectivity index (χ3v) is 2.64. The molecule has 0 fully saturated rings. The molecule has 0 aromatic heterocycles. The highest BCUT2D eigenvalue weighted by molar-refractivity contribution is 7.83. The Bertz CT molecular complexity index is 419. The third-order valence-electron chi connectivity index (χ3n) is 2.06. The minimum absolute atomic E-state index is 0.456. The van der Waals surface area contributed by atoms with Gasteiger partial charge in [0.1, 0.15) is 0 Å². The van der Waals surface area contributed by atoms with Crippen molar-refractivity contribution in [3.63, 3.8) is 0 Å². The SMILES string of the molecule is O=S(=O)(O)NC1Cc2ccccc2N1. The summed E-state index contributed by atoms with van der Waals surface area (Å²) in [6.07, 6.45) is 0.0816. The Balaban J connectivity index is 2.13. The Hall–Kier alpha value is -1.11. The van der Waals surface area contributed by atoms with E-state index in [0.29, 0.717) is 6.42 Å². The van der Waals surface area contributed by atoms with Crippen molar-refractivity contribution in [2.75, 3.05) is 5.32 Å². The number of hydrogen-bond donors (Lipinski definition) is 3. The molecule has 1 aromatic carbocycles. The van der Waals surface area contributed by atoms with E-state index in [1.807, 2.05) is 24.3 Å². The van der Waals surface area contributed by atoms with Crippen LogP contribution in [0.4, 0.5) is 5.69 Å². The van der Waals surface area contributed by atoms with Crippen LogP contribution in [0.15, 0.2) is 24.3 Å². The maximum atomic E-state index is 10.5. The predicted molar refractivity (Wildman–Crippen MR) is 52.2 cm³/mol. The Morgan fingerprint density at radius 1 is 1.43 bits per heavy atom. The fourth-order valence-electron chi connectivity index (χ4n) is 1.55. The number of para-hydroxylation sites is 1. The van der Waals surface area contributed by atoms with E-state index in [4.69, 9.17) is 4.55 Å². The summed E-state index contributed by atoms with van der Waals surface area (Å²) in [6, 6.07) is 7.52. The first-order valence-corrected chi connectivity index (χ1v) is 5.58. The molecule has 1 aliphatic rings. The van der Waals surface area contributed by atoms with Crippen molar-refractivity contribution >= 4 is 16.0 Å². The quantitative estimate of drug-likeness (QED) is 0.622. The molecule has 14 heavy (non-hydrogen) atoms. The van der Waals surface area contributed by atoms with Gasteiger partial charge < -0.3 is 5.32 Å². The van der Waals surface area contributed by atoms with E-state index in [0.717, 1.165) is 11.3 Å². The van der Waals surface area contributed by atoms with E-state index in [1.165, 1.54) is 0 Å². The molecule has 0 amide bonds. The zero-order chi connectivity index (χ0) is 10.2. The maximum absolute atomic E-state index is 10.5. The van der Waals surface area contributed by atoms with Crippen molar-refractivity contribution in [1.82, 2.24) is 4.72 Å². The molecule has 0 spiro atoms. The standard InChI is InChI=1S/C8H10N2O3S/c11-14(12,13)10-8-5-6-3-1-2-4-7(6)9-8/h1-4,8-10H,5H2,(H,11,12,13). The number of hydrogen-bond acceptors (Lipinski definition) is 3. The lowest BCUT2D eigenvalue weighted by atomic mass is 10.2. The number of rotatable bonds is 2. The second-order valence-corrected chi connectivity index (χ2v) is 4.34. The maximum Gasteiger partial charge on any atom is 0.335 e. The van der Waals surface area contributed by atoms with Crippen LogP contribution in [0, 0.1) is 0 Å². The molecular formula is C8H10N2O3S. The van der Waals surface area contributed by atoms with Gasteiger partial charge in [0.2, 0.25) is 0 Å². The fraction of sp³-hybridized carbons (Fsp3) is 0.250. The Morgan fingerprint density at radius 2 is 2.14 bits per heavy atom. The lowest BCUT2D eigenvalue weighted by molar-refractivity contribution is 0.458. The number of nitrogens with one attached hydrogen (secondary N) is 2. The van der Waals surface area contributed by atoms with Crippen LogP contribution in [0.3, 0.4) is 0 Å². The zero-order valence-corrected chi connectivity index (χ0v) is 8.08. The number of anilines is 1. The summed E-state index contributed by atoms with van der Waals surface area (Å²) < 4.78 is 31.7. The topological polar surface area (TPSA) is 78.4 Å². The summed E-state index contributed by atoms with van der Waals surface area (Å²) >= 11 is 0. The van der Waals surface area contributed by atoms with Gasteiger partial charge in [-0.1, -0.05) is 18.2 Å². The van der Waals surface area contributed by atoms with E-state index >= 15 is 0 Å². The Kier molecular flexibility index (Phi) is 2.18. The first-order valence-electron chi connectivity index (χ1n) is 4.14. The molecule has 1 heterocycles. The van der Waals surface area contributed by atoms with Crippen LogP contribution in [0.1, 0.15) is 5.56 Å². The molecule has 1 aromatic rings. The molecule has 3 N–H and O–H groups in total. The van der Waals surface area contributed by atoms with Crippen LogP contribution >= 0.6 is 0 Å². The lowest BCUT2D eigenvalue weighted by Crippen LogP contribution is -2.38. The van der Waals surface area contributed by atoms with Gasteiger partial charge in [0.25, 0.3) is 0 Å². The lowest BCUT2D eigenvalue weighted by Gasteiger charge is -2.09. The van der Waals surface area contributed by atoms with E-state index in [9.17, 15) is 8.42 Å². The van der Waals surface area contributed by atoms with Crippen molar-refractivity contribution in [3.05, 3.63) is 29.8 Å². The van der Waals surface area contributed by atoms with Crippen LogP contribution in [-0.2, 0) is 16.7 Å². The molecule has 0 saturated carbocycles. The highest BCUT2D eigenvalue weighted by Gasteiger charge is 2.22. The van der Waals surface area contributed by atoms with Crippen molar-refractivity contribution in [3.8, 4) is 0 Å². The number of fused-ring (bicyclic) bond motifs is 1. The molecule has 0 radical (unpaired) electrons. The molecule has 5 nitrogen and oxygen atoms in total. The second-order valence-electron chi connectivity index (χ2n) is 3.15. The van der Waals surface area contributed by atoms with Crippen molar-refractivity contribution < 1.29 is 13.0 Å². The first kappa shape index (κ1) is 9.45. The Labute approximate surface area is 82.0 Å². The van der Waals surface area contributed by atoms with Gasteiger partial charge in [0, 0.05) is 12.1 Å². The molecule has 2 rings (SSSR count). The molecule has 0 bridgehead atoms. The third kappa shape index (κ3) is 2.03. The Morgan fingerprint density at radius 3 is 2.79 bits per heavy atom. The summed E-state index contributed by atoms with van der Waals surface area (Å²) in [4.78, 5) is 0. The molecule has 1 atom stereocenters. The van der Waals surface area contributed by atoms with Gasteiger partial charge in [0.15, 0.2) is 0 Å². The van der Waals surface area contributed by atoms with E-state index < -0.39 is 16.5 Å². The van der Waals surface area contributed by atoms with Gasteiger partial charge in [-0.3, -0.25) is 4.55 Å². The predicted octanol–water partition coefficient (Wildman–Crippen LogP) is 0.373. The van der Waals surface area contributed by atoms with Gasteiger partial charge in [-0.25, -0.2) is 0 Å². The summed E-state index contributed by atoms with van der Waals surface area (Å²) in [5.74, 6) is 0. The summed E-state index contributed by atoms with van der Waals surface area (Å²) in [5, 5.41) is 2.94. The molecule has 1 aliphatic heterocycles. The monoisotopic (exact) mass is 214 g/mol. The van der Waals surface area contributed by atoms with Crippen molar-refractivity contribution in [2.45, 2.75) is 12.6 Å². The van der Waals surface area contributed by atoms with E-state index in [1.54, 1.807) is 0 Å². The first-order chi connectivity index (χ1) is 6.54. The van der Waals surface area contributed by atoms with E-state index in [2.05, 4.69) is 10.0 Å². The largest absolute Gasteiger partial charge is 0.368 e. The molecule has 76 valence electrons. The molecule has 1 unspecified atom stereocenters. The summed E-state index contributed by atoms with van der Waals surface area (Å²) in [5.41, 5.74) is 1.93. The van der Waals surface area contributed by atoms with Crippen LogP contribution in [-0.4, -0.2) is 19.1 Å². The van der Waals surface area contributed by atoms with Gasteiger partial charge in [-0.05, 0) is 11.6 Å². The van der Waals surface area contributed by atoms with E-state index in [-0.39, 0.29) is 0 Å². The summed E-state index contributed by atoms with van der Waals surface area (Å²) in [6.45, 7) is 0. The van der Waals surface area contributed by atoms with Gasteiger partial charge in [-0.15, -0.1) is 0 Å². The van der Waals surface area contributed by atoms with Crippen LogP contribution in [0.5, 0.6) is 0 Å². The molecule has 6 heteroatoms. The van der Waals surface area contributed by atoms with Crippen LogP contribution in [0.2, 0.25) is 0 Å². The van der Waals surface area contributed by atoms with Crippen molar-refractivity contribution in [1.29, 1.82) is 0 Å². The summed E-state index contributed by atoms with van der Waals surface area (Å²) in [7, 11) is -4.14. The van der Waals surface area contributed by atoms with Gasteiger partial charge in [-0.2, -0.15) is 13.1 Å². The van der Waals surface area contributed by atoms with Crippen LogP contribution in [0.25, 0.3) is 0 Å². The minimum atomic E-state index is -4.14. The molecular weight excluding hydrogens is 204 g/mol. The van der Waals surface area contributed by atoms with Crippen molar-refractivity contribution in [2.24, 2.45) is 0 Å². The molecule has 0 saturated heterocycles. The zero-order valence-electron chi connectivity index (χ0n) is 7.27. The van der Waals surface area contributed by atoms with Crippen LogP contribution < -0.4 is 10.0 Å². The molecule has 0 aliphatic carbocycles.